The summed E-state index contributed by atoms with van der Waals surface area (Å²) in [5.41, 5.74) is 0.407. The topological polar surface area (TPSA) is 71.4 Å². The molecule has 4 nitrogen and oxygen atoms in total. The number of sulfone groups is 1. The zero-order valence-corrected chi connectivity index (χ0v) is 13.5. The Morgan fingerprint density at radius 1 is 1.19 bits per heavy atom. The monoisotopic (exact) mass is 310 g/mol. The third-order valence-electron chi connectivity index (χ3n) is 4.81. The van der Waals surface area contributed by atoms with Gasteiger partial charge in [-0.15, -0.1) is 0 Å². The Labute approximate surface area is 126 Å². The number of benzene rings is 1. The molecule has 0 bridgehead atoms. The summed E-state index contributed by atoms with van der Waals surface area (Å²) >= 11 is 0. The van der Waals surface area contributed by atoms with Crippen LogP contribution in [0.5, 0.6) is 0 Å². The number of aromatic carboxylic acids is 1. The third-order valence-corrected chi connectivity index (χ3v) is 7.17. The standard InChI is InChI=1S/C16H22O4S/c1-10-7-8-13(9-11(10)2)21(19,20)15-6-4-5-14(12(15)3)16(17)18/h4-6,10-11,13H,7-9H2,1-3H3,(H,17,18). The van der Waals surface area contributed by atoms with Gasteiger partial charge in [-0.25, -0.2) is 13.2 Å². The fourth-order valence-corrected chi connectivity index (χ4v) is 5.28. The molecule has 1 aromatic carbocycles. The van der Waals surface area contributed by atoms with Gasteiger partial charge in [0, 0.05) is 0 Å². The average Bonchev–Trinajstić information content (AvgIpc) is 2.41. The summed E-state index contributed by atoms with van der Waals surface area (Å²) in [5, 5.41) is 8.75. The molecular weight excluding hydrogens is 288 g/mol. The van der Waals surface area contributed by atoms with E-state index in [1.54, 1.807) is 6.92 Å². The normalized spacial score (nSPS) is 26.5. The lowest BCUT2D eigenvalue weighted by atomic mass is 9.81. The molecule has 1 saturated carbocycles. The molecule has 0 aliphatic heterocycles. The summed E-state index contributed by atoms with van der Waals surface area (Å²) < 4.78 is 25.7. The molecule has 116 valence electrons. The molecule has 21 heavy (non-hydrogen) atoms. The van der Waals surface area contributed by atoms with E-state index in [-0.39, 0.29) is 10.5 Å². The summed E-state index contributed by atoms with van der Waals surface area (Å²) in [6.45, 7) is 5.82. The van der Waals surface area contributed by atoms with E-state index in [1.807, 2.05) is 0 Å². The lowest BCUT2D eigenvalue weighted by molar-refractivity contribution is 0.0696. The molecule has 3 atom stereocenters. The SMILES string of the molecule is Cc1c(C(=O)O)cccc1S(=O)(=O)C1CCC(C)C(C)C1. The first-order valence-electron chi connectivity index (χ1n) is 7.32. The van der Waals surface area contributed by atoms with Crippen LogP contribution in [0.15, 0.2) is 23.1 Å². The van der Waals surface area contributed by atoms with E-state index in [1.165, 1.54) is 18.2 Å². The van der Waals surface area contributed by atoms with Gasteiger partial charge in [-0.2, -0.15) is 0 Å². The van der Waals surface area contributed by atoms with Crippen LogP contribution in [-0.4, -0.2) is 24.7 Å². The second-order valence-electron chi connectivity index (χ2n) is 6.17. The summed E-state index contributed by atoms with van der Waals surface area (Å²) in [6, 6.07) is 4.49. The van der Waals surface area contributed by atoms with E-state index in [0.29, 0.717) is 30.2 Å². The Bertz CT molecular complexity index is 648. The van der Waals surface area contributed by atoms with Gasteiger partial charge < -0.3 is 5.11 Å². The van der Waals surface area contributed by atoms with Crippen molar-refractivity contribution in [3.8, 4) is 0 Å². The smallest absolute Gasteiger partial charge is 0.335 e. The average molecular weight is 310 g/mol. The Balaban J connectivity index is 2.41. The molecule has 1 aromatic rings. The summed E-state index contributed by atoms with van der Waals surface area (Å²) in [7, 11) is -3.47. The van der Waals surface area contributed by atoms with Crippen LogP contribution in [0.25, 0.3) is 0 Å². The highest BCUT2D eigenvalue weighted by molar-refractivity contribution is 7.92. The van der Waals surface area contributed by atoms with Gasteiger partial charge in [0.25, 0.3) is 0 Å². The predicted octanol–water partition coefficient (Wildman–Crippen LogP) is 3.29. The van der Waals surface area contributed by atoms with Gasteiger partial charge in [0.05, 0.1) is 15.7 Å². The molecule has 0 heterocycles. The van der Waals surface area contributed by atoms with Crippen molar-refractivity contribution in [3.63, 3.8) is 0 Å². The first-order valence-corrected chi connectivity index (χ1v) is 8.86. The second kappa shape index (κ2) is 5.79. The van der Waals surface area contributed by atoms with Gasteiger partial charge in [0.15, 0.2) is 9.84 Å². The van der Waals surface area contributed by atoms with Crippen molar-refractivity contribution >= 4 is 15.8 Å². The van der Waals surface area contributed by atoms with Crippen LogP contribution in [0.4, 0.5) is 0 Å². The highest BCUT2D eigenvalue weighted by Crippen LogP contribution is 2.36. The van der Waals surface area contributed by atoms with Gasteiger partial charge in [-0.05, 0) is 55.7 Å². The zero-order chi connectivity index (χ0) is 15.8. The maximum Gasteiger partial charge on any atom is 0.335 e. The lowest BCUT2D eigenvalue weighted by Crippen LogP contribution is -2.31. The highest BCUT2D eigenvalue weighted by atomic mass is 32.2. The van der Waals surface area contributed by atoms with Crippen molar-refractivity contribution in [3.05, 3.63) is 29.3 Å². The number of hydrogen-bond acceptors (Lipinski definition) is 3. The number of carbonyl (C=O) groups is 1. The van der Waals surface area contributed by atoms with Crippen LogP contribution in [-0.2, 0) is 9.84 Å². The van der Waals surface area contributed by atoms with E-state index < -0.39 is 21.1 Å². The fraction of sp³-hybridized carbons (Fsp3) is 0.562. The molecule has 1 N–H and O–H groups in total. The maximum absolute atomic E-state index is 12.8. The number of carboxylic acids is 1. The number of carboxylic acid groups (broad SMARTS) is 1. The van der Waals surface area contributed by atoms with Gasteiger partial charge in [-0.3, -0.25) is 0 Å². The minimum Gasteiger partial charge on any atom is -0.478 e. The number of hydrogen-bond donors (Lipinski definition) is 1. The molecular formula is C16H22O4S. The van der Waals surface area contributed by atoms with Gasteiger partial charge in [0.2, 0.25) is 0 Å². The van der Waals surface area contributed by atoms with Gasteiger partial charge in [-0.1, -0.05) is 19.9 Å². The molecule has 2 rings (SSSR count). The second-order valence-corrected chi connectivity index (χ2v) is 8.37. The molecule has 1 aliphatic carbocycles. The van der Waals surface area contributed by atoms with Crippen LogP contribution in [0.1, 0.15) is 49.0 Å². The summed E-state index contributed by atoms with van der Waals surface area (Å²) in [5.74, 6) is -0.167. The molecule has 1 aliphatic rings. The molecule has 1 fully saturated rings. The number of rotatable bonds is 3. The van der Waals surface area contributed by atoms with Crippen LogP contribution in [0.2, 0.25) is 0 Å². The van der Waals surface area contributed by atoms with Gasteiger partial charge in [0.1, 0.15) is 0 Å². The van der Waals surface area contributed by atoms with Crippen molar-refractivity contribution in [1.82, 2.24) is 0 Å². The summed E-state index contributed by atoms with van der Waals surface area (Å²) in [6.07, 6.45) is 2.22. The molecule has 0 spiro atoms. The van der Waals surface area contributed by atoms with Crippen molar-refractivity contribution < 1.29 is 18.3 Å². The molecule has 3 unspecified atom stereocenters. The van der Waals surface area contributed by atoms with Crippen LogP contribution >= 0.6 is 0 Å². The largest absolute Gasteiger partial charge is 0.478 e. The Hall–Kier alpha value is -1.36. The lowest BCUT2D eigenvalue weighted by Gasteiger charge is -2.32. The highest BCUT2D eigenvalue weighted by Gasteiger charge is 2.35. The van der Waals surface area contributed by atoms with Crippen LogP contribution in [0.3, 0.4) is 0 Å². The zero-order valence-electron chi connectivity index (χ0n) is 12.7. The maximum atomic E-state index is 12.8. The van der Waals surface area contributed by atoms with E-state index in [0.717, 1.165) is 6.42 Å². The molecule has 0 radical (unpaired) electrons. The molecule has 0 aromatic heterocycles. The minimum absolute atomic E-state index is 0.0632. The first kappa shape index (κ1) is 16.0. The van der Waals surface area contributed by atoms with E-state index in [9.17, 15) is 13.2 Å². The van der Waals surface area contributed by atoms with Crippen LogP contribution in [0, 0.1) is 18.8 Å². The summed E-state index contributed by atoms with van der Waals surface area (Å²) in [4.78, 5) is 11.4. The Morgan fingerprint density at radius 3 is 2.43 bits per heavy atom. The van der Waals surface area contributed by atoms with Crippen molar-refractivity contribution in [2.45, 2.75) is 50.2 Å². The Morgan fingerprint density at radius 2 is 1.86 bits per heavy atom. The van der Waals surface area contributed by atoms with Crippen molar-refractivity contribution in [2.24, 2.45) is 11.8 Å². The van der Waals surface area contributed by atoms with Crippen molar-refractivity contribution in [1.29, 1.82) is 0 Å². The van der Waals surface area contributed by atoms with E-state index in [4.69, 9.17) is 5.11 Å². The molecule has 0 amide bonds. The predicted molar refractivity (Wildman–Crippen MR) is 81.3 cm³/mol. The van der Waals surface area contributed by atoms with Crippen LogP contribution < -0.4 is 0 Å². The quantitative estimate of drug-likeness (QED) is 0.930. The third kappa shape index (κ3) is 2.98. The van der Waals surface area contributed by atoms with E-state index in [2.05, 4.69) is 13.8 Å². The fourth-order valence-electron chi connectivity index (χ4n) is 3.11. The Kier molecular flexibility index (Phi) is 4.42. The van der Waals surface area contributed by atoms with E-state index >= 15 is 0 Å². The first-order chi connectivity index (χ1) is 9.75. The van der Waals surface area contributed by atoms with Gasteiger partial charge >= 0.3 is 5.97 Å². The minimum atomic E-state index is -3.47. The molecule has 0 saturated heterocycles. The molecule has 5 heteroatoms. The van der Waals surface area contributed by atoms with Crippen molar-refractivity contribution in [2.75, 3.05) is 0 Å².